The molecule has 1 aromatic carbocycles. The average molecular weight is 237 g/mol. The second-order valence-corrected chi connectivity index (χ2v) is 5.65. The average Bonchev–Trinajstić information content (AvgIpc) is 2.18. The van der Waals surface area contributed by atoms with E-state index in [2.05, 4.69) is 25.1 Å². The molecule has 1 atom stereocenters. The standard InChI is InChI=1S/C12H15NO2S/c1-8-3-4-11-10(5-8)13(7-12(14)15)6-9(2)16-11/h3-5,9H,6-7H2,1-2H3,(H,14,15). The second-order valence-electron chi connectivity index (χ2n) is 4.17. The number of carbonyl (C=O) groups is 1. The molecule has 0 spiro atoms. The summed E-state index contributed by atoms with van der Waals surface area (Å²) < 4.78 is 0. The zero-order valence-corrected chi connectivity index (χ0v) is 10.3. The lowest BCUT2D eigenvalue weighted by Crippen LogP contribution is -2.37. The van der Waals surface area contributed by atoms with Crippen LogP contribution in [0.1, 0.15) is 12.5 Å². The van der Waals surface area contributed by atoms with Gasteiger partial charge in [-0.25, -0.2) is 0 Å². The van der Waals surface area contributed by atoms with E-state index in [1.165, 1.54) is 10.5 Å². The summed E-state index contributed by atoms with van der Waals surface area (Å²) in [4.78, 5) is 14.0. The van der Waals surface area contributed by atoms with Gasteiger partial charge in [0.15, 0.2) is 0 Å². The highest BCUT2D eigenvalue weighted by Crippen LogP contribution is 2.38. The predicted octanol–water partition coefficient (Wildman–Crippen LogP) is 2.38. The number of aliphatic carboxylic acids is 1. The summed E-state index contributed by atoms with van der Waals surface area (Å²) in [5, 5.41) is 9.34. The number of hydrogen-bond acceptors (Lipinski definition) is 3. The number of hydrogen-bond donors (Lipinski definition) is 1. The summed E-state index contributed by atoms with van der Waals surface area (Å²) in [5.74, 6) is -0.772. The van der Waals surface area contributed by atoms with Crippen LogP contribution in [0.4, 0.5) is 5.69 Å². The van der Waals surface area contributed by atoms with Crippen LogP contribution >= 0.6 is 11.8 Å². The SMILES string of the molecule is Cc1ccc2c(c1)N(CC(=O)O)CC(C)S2. The number of thioether (sulfide) groups is 1. The molecule has 0 radical (unpaired) electrons. The fourth-order valence-corrected chi connectivity index (χ4v) is 3.09. The third-order valence-electron chi connectivity index (χ3n) is 2.59. The van der Waals surface area contributed by atoms with Gasteiger partial charge >= 0.3 is 5.97 Å². The molecule has 86 valence electrons. The Hall–Kier alpha value is -1.16. The predicted molar refractivity (Wildman–Crippen MR) is 66.3 cm³/mol. The Morgan fingerprint density at radius 3 is 3.06 bits per heavy atom. The first-order valence-corrected chi connectivity index (χ1v) is 6.18. The van der Waals surface area contributed by atoms with Crippen LogP contribution in [0.25, 0.3) is 0 Å². The van der Waals surface area contributed by atoms with Gasteiger partial charge in [0, 0.05) is 16.7 Å². The number of nitrogens with zero attached hydrogens (tertiary/aromatic N) is 1. The molecule has 16 heavy (non-hydrogen) atoms. The second kappa shape index (κ2) is 4.37. The van der Waals surface area contributed by atoms with Crippen molar-refractivity contribution >= 4 is 23.4 Å². The van der Waals surface area contributed by atoms with Crippen molar-refractivity contribution in [2.75, 3.05) is 18.0 Å². The highest BCUT2D eigenvalue weighted by atomic mass is 32.2. The minimum atomic E-state index is -0.772. The molecule has 0 fully saturated rings. The fourth-order valence-electron chi connectivity index (χ4n) is 1.95. The molecule has 1 aliphatic rings. The first-order valence-electron chi connectivity index (χ1n) is 5.30. The molecule has 0 saturated heterocycles. The van der Waals surface area contributed by atoms with E-state index in [4.69, 9.17) is 5.11 Å². The Morgan fingerprint density at radius 2 is 2.38 bits per heavy atom. The molecule has 1 unspecified atom stereocenters. The van der Waals surface area contributed by atoms with Gasteiger partial charge in [0.2, 0.25) is 0 Å². The van der Waals surface area contributed by atoms with Crippen LogP contribution in [0.2, 0.25) is 0 Å². The smallest absolute Gasteiger partial charge is 0.323 e. The molecular weight excluding hydrogens is 222 g/mol. The Morgan fingerprint density at radius 1 is 1.62 bits per heavy atom. The van der Waals surface area contributed by atoms with E-state index in [1.807, 2.05) is 23.6 Å². The first-order chi connectivity index (χ1) is 7.56. The van der Waals surface area contributed by atoms with Crippen molar-refractivity contribution in [3.63, 3.8) is 0 Å². The highest BCUT2D eigenvalue weighted by Gasteiger charge is 2.23. The topological polar surface area (TPSA) is 40.5 Å². The van der Waals surface area contributed by atoms with Gasteiger partial charge < -0.3 is 10.0 Å². The first kappa shape index (κ1) is 11.3. The Labute approximate surface area is 99.5 Å². The minimum Gasteiger partial charge on any atom is -0.480 e. The maximum atomic E-state index is 10.8. The van der Waals surface area contributed by atoms with Crippen molar-refractivity contribution in [1.29, 1.82) is 0 Å². The van der Waals surface area contributed by atoms with E-state index >= 15 is 0 Å². The van der Waals surface area contributed by atoms with Gasteiger partial charge in [-0.15, -0.1) is 11.8 Å². The van der Waals surface area contributed by atoms with Gasteiger partial charge in [-0.3, -0.25) is 4.79 Å². The number of aryl methyl sites for hydroxylation is 1. The van der Waals surface area contributed by atoms with Crippen LogP contribution in [0, 0.1) is 6.92 Å². The van der Waals surface area contributed by atoms with E-state index in [9.17, 15) is 4.79 Å². The van der Waals surface area contributed by atoms with E-state index in [0.29, 0.717) is 5.25 Å². The third kappa shape index (κ3) is 2.32. The fraction of sp³-hybridized carbons (Fsp3) is 0.417. The van der Waals surface area contributed by atoms with E-state index < -0.39 is 5.97 Å². The number of carboxylic acid groups (broad SMARTS) is 1. The van der Waals surface area contributed by atoms with Gasteiger partial charge in [-0.05, 0) is 24.6 Å². The van der Waals surface area contributed by atoms with Gasteiger partial charge in [-0.2, -0.15) is 0 Å². The van der Waals surface area contributed by atoms with Gasteiger partial charge in [-0.1, -0.05) is 13.0 Å². The van der Waals surface area contributed by atoms with Crippen molar-refractivity contribution in [3.8, 4) is 0 Å². The lowest BCUT2D eigenvalue weighted by molar-refractivity contribution is -0.135. The van der Waals surface area contributed by atoms with Gasteiger partial charge in [0.25, 0.3) is 0 Å². The summed E-state index contributed by atoms with van der Waals surface area (Å²) in [5.41, 5.74) is 2.23. The Bertz CT molecular complexity index is 419. The van der Waals surface area contributed by atoms with E-state index in [-0.39, 0.29) is 6.54 Å². The third-order valence-corrected chi connectivity index (χ3v) is 3.74. The Kier molecular flexibility index (Phi) is 3.10. The molecule has 2 rings (SSSR count). The highest BCUT2D eigenvalue weighted by molar-refractivity contribution is 8.00. The lowest BCUT2D eigenvalue weighted by Gasteiger charge is -2.33. The number of fused-ring (bicyclic) bond motifs is 1. The molecule has 0 saturated carbocycles. The van der Waals surface area contributed by atoms with Crippen molar-refractivity contribution in [2.24, 2.45) is 0 Å². The van der Waals surface area contributed by atoms with Crippen LogP contribution in [0.3, 0.4) is 0 Å². The monoisotopic (exact) mass is 237 g/mol. The summed E-state index contributed by atoms with van der Waals surface area (Å²) in [6.45, 7) is 5.04. The number of anilines is 1. The molecule has 1 aromatic rings. The summed E-state index contributed by atoms with van der Waals surface area (Å²) in [6.07, 6.45) is 0. The molecule has 1 heterocycles. The molecule has 1 N–H and O–H groups in total. The van der Waals surface area contributed by atoms with Crippen LogP contribution in [-0.2, 0) is 4.79 Å². The van der Waals surface area contributed by atoms with Crippen molar-refractivity contribution in [2.45, 2.75) is 24.0 Å². The molecular formula is C12H15NO2S. The number of benzene rings is 1. The molecule has 0 aromatic heterocycles. The quantitative estimate of drug-likeness (QED) is 0.857. The molecule has 0 amide bonds. The molecule has 1 aliphatic heterocycles. The number of carboxylic acids is 1. The Balaban J connectivity index is 2.35. The van der Waals surface area contributed by atoms with Crippen LogP contribution in [-0.4, -0.2) is 29.4 Å². The summed E-state index contributed by atoms with van der Waals surface area (Å²) in [6, 6.07) is 6.22. The van der Waals surface area contributed by atoms with Gasteiger partial charge in [0.05, 0.1) is 5.69 Å². The zero-order valence-electron chi connectivity index (χ0n) is 9.43. The summed E-state index contributed by atoms with van der Waals surface area (Å²) in [7, 11) is 0. The molecule has 3 nitrogen and oxygen atoms in total. The molecule has 4 heteroatoms. The van der Waals surface area contributed by atoms with E-state index in [0.717, 1.165) is 12.2 Å². The molecule has 0 bridgehead atoms. The van der Waals surface area contributed by atoms with Crippen LogP contribution in [0.15, 0.2) is 23.1 Å². The molecule has 0 aliphatic carbocycles. The van der Waals surface area contributed by atoms with Crippen molar-refractivity contribution < 1.29 is 9.90 Å². The van der Waals surface area contributed by atoms with Crippen LogP contribution in [0.5, 0.6) is 0 Å². The maximum absolute atomic E-state index is 10.8. The zero-order chi connectivity index (χ0) is 11.7. The van der Waals surface area contributed by atoms with E-state index in [1.54, 1.807) is 0 Å². The number of rotatable bonds is 2. The largest absolute Gasteiger partial charge is 0.480 e. The summed E-state index contributed by atoms with van der Waals surface area (Å²) >= 11 is 1.82. The van der Waals surface area contributed by atoms with Crippen molar-refractivity contribution in [1.82, 2.24) is 0 Å². The lowest BCUT2D eigenvalue weighted by atomic mass is 10.2. The van der Waals surface area contributed by atoms with Crippen molar-refractivity contribution in [3.05, 3.63) is 23.8 Å². The van der Waals surface area contributed by atoms with Crippen LogP contribution < -0.4 is 4.90 Å². The van der Waals surface area contributed by atoms with Gasteiger partial charge in [0.1, 0.15) is 6.54 Å². The minimum absolute atomic E-state index is 0.0847. The maximum Gasteiger partial charge on any atom is 0.323 e. The normalized spacial score (nSPS) is 19.4.